The summed E-state index contributed by atoms with van der Waals surface area (Å²) in [5, 5.41) is 3.63. The monoisotopic (exact) mass is 276 g/mol. The Morgan fingerprint density at radius 1 is 1.25 bits per heavy atom. The highest BCUT2D eigenvalue weighted by atomic mass is 16.5. The van der Waals surface area contributed by atoms with E-state index in [2.05, 4.69) is 69.1 Å². The molecule has 0 aliphatic carbocycles. The second kappa shape index (κ2) is 5.74. The molecule has 3 nitrogen and oxygen atoms in total. The van der Waals surface area contributed by atoms with Crippen LogP contribution in [0, 0.1) is 0 Å². The van der Waals surface area contributed by atoms with Crippen molar-refractivity contribution in [2.75, 3.05) is 24.6 Å². The summed E-state index contributed by atoms with van der Waals surface area (Å²) in [4.78, 5) is 2.45. The summed E-state index contributed by atoms with van der Waals surface area (Å²) >= 11 is 0. The number of hydrogen-bond donors (Lipinski definition) is 1. The van der Waals surface area contributed by atoms with E-state index in [4.69, 9.17) is 4.74 Å². The Hall–Kier alpha value is -1.06. The van der Waals surface area contributed by atoms with Gasteiger partial charge in [0.15, 0.2) is 0 Å². The Morgan fingerprint density at radius 2 is 1.95 bits per heavy atom. The van der Waals surface area contributed by atoms with Crippen molar-refractivity contribution in [1.29, 1.82) is 0 Å². The Morgan fingerprint density at radius 3 is 2.65 bits per heavy atom. The zero-order chi connectivity index (χ0) is 14.8. The van der Waals surface area contributed by atoms with Crippen molar-refractivity contribution in [2.24, 2.45) is 0 Å². The Bertz CT molecular complexity index is 449. The smallest absolute Gasteiger partial charge is 0.0648 e. The van der Waals surface area contributed by atoms with Gasteiger partial charge in [-0.15, -0.1) is 0 Å². The van der Waals surface area contributed by atoms with Gasteiger partial charge in [0.25, 0.3) is 0 Å². The van der Waals surface area contributed by atoms with Crippen molar-refractivity contribution < 1.29 is 4.74 Å². The largest absolute Gasteiger partial charge is 0.374 e. The van der Waals surface area contributed by atoms with Crippen molar-refractivity contribution in [2.45, 2.75) is 52.3 Å². The molecule has 0 fully saturated rings. The van der Waals surface area contributed by atoms with Crippen molar-refractivity contribution in [1.82, 2.24) is 5.32 Å². The fourth-order valence-electron chi connectivity index (χ4n) is 2.58. The molecule has 0 unspecified atom stereocenters. The van der Waals surface area contributed by atoms with Crippen LogP contribution in [-0.2, 0) is 11.3 Å². The van der Waals surface area contributed by atoms with E-state index < -0.39 is 0 Å². The second-order valence-electron chi connectivity index (χ2n) is 7.25. The average molecular weight is 276 g/mol. The highest BCUT2D eigenvalue weighted by Crippen LogP contribution is 2.26. The van der Waals surface area contributed by atoms with Crippen LogP contribution in [0.25, 0.3) is 0 Å². The van der Waals surface area contributed by atoms with Gasteiger partial charge in [-0.1, -0.05) is 18.2 Å². The highest BCUT2D eigenvalue weighted by Gasteiger charge is 2.26. The van der Waals surface area contributed by atoms with Gasteiger partial charge >= 0.3 is 0 Å². The van der Waals surface area contributed by atoms with Crippen LogP contribution in [0.4, 0.5) is 5.69 Å². The van der Waals surface area contributed by atoms with E-state index in [0.717, 1.165) is 26.2 Å². The molecular formula is C17H28N2O. The van der Waals surface area contributed by atoms with Crippen LogP contribution in [0.2, 0.25) is 0 Å². The number of fused-ring (bicyclic) bond motifs is 1. The first-order chi connectivity index (χ1) is 9.27. The number of rotatable bonds is 3. The summed E-state index contributed by atoms with van der Waals surface area (Å²) in [6, 6.07) is 8.66. The minimum absolute atomic E-state index is 0.0703. The summed E-state index contributed by atoms with van der Waals surface area (Å²) in [5.41, 5.74) is 2.75. The maximum absolute atomic E-state index is 5.89. The number of anilines is 1. The molecule has 1 aromatic carbocycles. The van der Waals surface area contributed by atoms with E-state index >= 15 is 0 Å². The third-order valence-corrected chi connectivity index (χ3v) is 3.57. The standard InChI is InChI=1S/C17H28N2O/c1-16(2,3)20-11-10-19-13-17(4,5)18-12-14-8-6-7-9-15(14)19/h6-9,18H,10-13H2,1-5H3. The third-order valence-electron chi connectivity index (χ3n) is 3.57. The SMILES string of the molecule is CC1(C)CN(CCOC(C)(C)C)c2ccccc2CN1. The third kappa shape index (κ3) is 4.22. The first-order valence-electron chi connectivity index (χ1n) is 7.49. The number of ether oxygens (including phenoxy) is 1. The molecular weight excluding hydrogens is 248 g/mol. The molecule has 0 amide bonds. The zero-order valence-corrected chi connectivity index (χ0v) is 13.5. The summed E-state index contributed by atoms with van der Waals surface area (Å²) in [7, 11) is 0. The van der Waals surface area contributed by atoms with Gasteiger partial charge in [0.2, 0.25) is 0 Å². The minimum atomic E-state index is -0.0703. The second-order valence-corrected chi connectivity index (χ2v) is 7.25. The van der Waals surface area contributed by atoms with E-state index in [1.807, 2.05) is 0 Å². The fraction of sp³-hybridized carbons (Fsp3) is 0.647. The van der Waals surface area contributed by atoms with E-state index in [-0.39, 0.29) is 11.1 Å². The molecule has 0 radical (unpaired) electrons. The molecule has 3 heteroatoms. The molecule has 1 heterocycles. The van der Waals surface area contributed by atoms with Gasteiger partial charge in [-0.2, -0.15) is 0 Å². The molecule has 1 aliphatic rings. The first-order valence-corrected chi connectivity index (χ1v) is 7.49. The lowest BCUT2D eigenvalue weighted by molar-refractivity contribution is 0.00117. The molecule has 2 rings (SSSR count). The van der Waals surface area contributed by atoms with E-state index in [9.17, 15) is 0 Å². The Kier molecular flexibility index (Phi) is 4.40. The number of para-hydroxylation sites is 1. The zero-order valence-electron chi connectivity index (χ0n) is 13.5. The van der Waals surface area contributed by atoms with Crippen molar-refractivity contribution >= 4 is 5.69 Å². The fourth-order valence-corrected chi connectivity index (χ4v) is 2.58. The van der Waals surface area contributed by atoms with Crippen LogP contribution in [0.3, 0.4) is 0 Å². The summed E-state index contributed by atoms with van der Waals surface area (Å²) < 4.78 is 5.89. The van der Waals surface area contributed by atoms with Gasteiger partial charge in [0.05, 0.1) is 12.2 Å². The summed E-state index contributed by atoms with van der Waals surface area (Å²) in [5.74, 6) is 0. The molecule has 0 aromatic heterocycles. The molecule has 0 saturated heterocycles. The van der Waals surface area contributed by atoms with Gasteiger partial charge in [0, 0.05) is 30.9 Å². The number of nitrogens with one attached hydrogen (secondary N) is 1. The molecule has 20 heavy (non-hydrogen) atoms. The van der Waals surface area contributed by atoms with Gasteiger partial charge in [0.1, 0.15) is 0 Å². The summed E-state index contributed by atoms with van der Waals surface area (Å²) in [6.45, 7) is 14.5. The molecule has 0 atom stereocenters. The van der Waals surface area contributed by atoms with Crippen LogP contribution in [-0.4, -0.2) is 30.8 Å². The lowest BCUT2D eigenvalue weighted by atomic mass is 10.1. The molecule has 0 spiro atoms. The molecule has 1 aliphatic heterocycles. The maximum atomic E-state index is 5.89. The lowest BCUT2D eigenvalue weighted by Crippen LogP contribution is -2.47. The molecule has 1 aromatic rings. The lowest BCUT2D eigenvalue weighted by Gasteiger charge is -2.33. The van der Waals surface area contributed by atoms with Crippen molar-refractivity contribution in [3.05, 3.63) is 29.8 Å². The topological polar surface area (TPSA) is 24.5 Å². The van der Waals surface area contributed by atoms with Crippen molar-refractivity contribution in [3.63, 3.8) is 0 Å². The Balaban J connectivity index is 2.11. The van der Waals surface area contributed by atoms with Crippen LogP contribution < -0.4 is 10.2 Å². The van der Waals surface area contributed by atoms with Gasteiger partial charge < -0.3 is 15.0 Å². The highest BCUT2D eigenvalue weighted by molar-refractivity contribution is 5.55. The molecule has 0 bridgehead atoms. The maximum Gasteiger partial charge on any atom is 0.0648 e. The summed E-state index contributed by atoms with van der Waals surface area (Å²) in [6.07, 6.45) is 0. The predicted molar refractivity (Wildman–Crippen MR) is 85.3 cm³/mol. The molecule has 1 N–H and O–H groups in total. The van der Waals surface area contributed by atoms with Gasteiger partial charge in [-0.3, -0.25) is 0 Å². The predicted octanol–water partition coefficient (Wildman–Crippen LogP) is 3.19. The van der Waals surface area contributed by atoms with E-state index in [1.54, 1.807) is 0 Å². The Labute approximate surface area is 123 Å². The number of nitrogens with zero attached hydrogens (tertiary/aromatic N) is 1. The average Bonchev–Trinajstić information content (AvgIpc) is 2.46. The quantitative estimate of drug-likeness (QED) is 0.917. The normalized spacial score (nSPS) is 18.6. The van der Waals surface area contributed by atoms with Gasteiger partial charge in [-0.25, -0.2) is 0 Å². The number of hydrogen-bond acceptors (Lipinski definition) is 3. The first kappa shape index (κ1) is 15.3. The van der Waals surface area contributed by atoms with Crippen LogP contribution in [0.5, 0.6) is 0 Å². The number of benzene rings is 1. The van der Waals surface area contributed by atoms with Crippen LogP contribution in [0.15, 0.2) is 24.3 Å². The van der Waals surface area contributed by atoms with Crippen LogP contribution in [0.1, 0.15) is 40.2 Å². The molecule has 0 saturated carbocycles. The van der Waals surface area contributed by atoms with Gasteiger partial charge in [-0.05, 0) is 46.2 Å². The van der Waals surface area contributed by atoms with E-state index in [0.29, 0.717) is 0 Å². The molecule has 112 valence electrons. The van der Waals surface area contributed by atoms with E-state index in [1.165, 1.54) is 11.3 Å². The van der Waals surface area contributed by atoms with Crippen molar-refractivity contribution in [3.8, 4) is 0 Å². The van der Waals surface area contributed by atoms with Crippen LogP contribution >= 0.6 is 0 Å². The minimum Gasteiger partial charge on any atom is -0.374 e.